The number of unbranched alkanes of at least 4 members (excludes halogenated alkanes) is 5. The Balaban J connectivity index is -0.000000245. The Morgan fingerprint density at radius 2 is 1.00 bits per heavy atom. The monoisotopic (exact) mass is 168 g/mol. The van der Waals surface area contributed by atoms with Crippen molar-refractivity contribution in [1.82, 2.24) is 0 Å². The Morgan fingerprint density at radius 1 is 0.700 bits per heavy atom. The molecule has 10 heavy (non-hydrogen) atoms. The lowest BCUT2D eigenvalue weighted by molar-refractivity contribution is 0.624. The summed E-state index contributed by atoms with van der Waals surface area (Å²) in [4.78, 5) is 0. The largest absolute Gasteiger partial charge is 0.412 e. The van der Waals surface area contributed by atoms with E-state index in [-0.39, 0.29) is 17.9 Å². The van der Waals surface area contributed by atoms with Crippen molar-refractivity contribution in [2.24, 2.45) is 0 Å². The fourth-order valence-electron chi connectivity index (χ4n) is 0.854. The van der Waals surface area contributed by atoms with Gasteiger partial charge < -0.3 is 5.48 Å². The second kappa shape index (κ2) is 16.1. The first-order valence-corrected chi connectivity index (χ1v) is 3.91. The summed E-state index contributed by atoms with van der Waals surface area (Å²) in [5, 5.41) is 0. The smallest absolute Gasteiger partial charge is 0.0533 e. The van der Waals surface area contributed by atoms with E-state index in [0.717, 1.165) is 0 Å². The van der Waals surface area contributed by atoms with E-state index >= 15 is 0 Å². The number of rotatable bonds is 5. The standard InChI is InChI=1S/C8H18.ClH.H2O/c1-3-5-7-8-6-4-2;;/h3-8H2,1-2H3;1H;1H2. The fourth-order valence-corrected chi connectivity index (χ4v) is 0.854. The molecule has 0 bridgehead atoms. The summed E-state index contributed by atoms with van der Waals surface area (Å²) in [6, 6.07) is 0. The van der Waals surface area contributed by atoms with Crippen molar-refractivity contribution in [3.05, 3.63) is 0 Å². The first-order valence-electron chi connectivity index (χ1n) is 3.91. The minimum Gasteiger partial charge on any atom is -0.412 e. The third kappa shape index (κ3) is 15.7. The van der Waals surface area contributed by atoms with Crippen LogP contribution < -0.4 is 0 Å². The Kier molecular flexibility index (Phi) is 26.9. The molecule has 0 amide bonds. The molecule has 0 heterocycles. The summed E-state index contributed by atoms with van der Waals surface area (Å²) in [6.07, 6.45) is 8.49. The SMILES string of the molecule is CCCCCCCC.Cl.O. The topological polar surface area (TPSA) is 31.5 Å². The van der Waals surface area contributed by atoms with Gasteiger partial charge in [0.05, 0.1) is 0 Å². The molecule has 0 radical (unpaired) electrons. The summed E-state index contributed by atoms with van der Waals surface area (Å²) < 4.78 is 0. The highest BCUT2D eigenvalue weighted by molar-refractivity contribution is 5.85. The van der Waals surface area contributed by atoms with Crippen molar-refractivity contribution >= 4 is 12.4 Å². The van der Waals surface area contributed by atoms with Gasteiger partial charge in [-0.25, -0.2) is 0 Å². The Labute approximate surface area is 70.9 Å². The predicted molar refractivity (Wildman–Crippen MR) is 49.9 cm³/mol. The molecule has 0 aliphatic rings. The lowest BCUT2D eigenvalue weighted by Gasteiger charge is -1.93. The van der Waals surface area contributed by atoms with Crippen molar-refractivity contribution in [2.75, 3.05) is 0 Å². The number of hydrogen-bond acceptors (Lipinski definition) is 0. The molecule has 0 aliphatic heterocycles. The quantitative estimate of drug-likeness (QED) is 0.566. The van der Waals surface area contributed by atoms with Gasteiger partial charge in [-0.3, -0.25) is 0 Å². The van der Waals surface area contributed by atoms with Crippen LogP contribution in [0.5, 0.6) is 0 Å². The fraction of sp³-hybridized carbons (Fsp3) is 1.00. The molecule has 0 aromatic rings. The molecule has 0 aromatic heterocycles. The Hall–Kier alpha value is 0.250. The van der Waals surface area contributed by atoms with Crippen LogP contribution in [0.2, 0.25) is 0 Å². The summed E-state index contributed by atoms with van der Waals surface area (Å²) in [6.45, 7) is 4.51. The van der Waals surface area contributed by atoms with Crippen LogP contribution in [-0.4, -0.2) is 5.48 Å². The molecule has 0 fully saturated rings. The lowest BCUT2D eigenvalue weighted by Crippen LogP contribution is -1.73. The molecule has 2 N–H and O–H groups in total. The van der Waals surface area contributed by atoms with Gasteiger partial charge in [0.1, 0.15) is 0 Å². The molecule has 0 spiro atoms. The Morgan fingerprint density at radius 3 is 1.20 bits per heavy atom. The number of hydrogen-bond donors (Lipinski definition) is 0. The normalized spacial score (nSPS) is 7.80. The molecule has 2 heteroatoms. The van der Waals surface area contributed by atoms with Crippen molar-refractivity contribution in [2.45, 2.75) is 52.4 Å². The highest BCUT2D eigenvalue weighted by atomic mass is 35.5. The van der Waals surface area contributed by atoms with Gasteiger partial charge in [0.2, 0.25) is 0 Å². The van der Waals surface area contributed by atoms with Crippen LogP contribution in [0.3, 0.4) is 0 Å². The van der Waals surface area contributed by atoms with Crippen LogP contribution in [0.1, 0.15) is 52.4 Å². The lowest BCUT2D eigenvalue weighted by atomic mass is 10.1. The van der Waals surface area contributed by atoms with E-state index in [9.17, 15) is 0 Å². The Bertz CT molecular complexity index is 34.2. The van der Waals surface area contributed by atoms with Gasteiger partial charge in [0.25, 0.3) is 0 Å². The highest BCUT2D eigenvalue weighted by Crippen LogP contribution is 2.03. The second-order valence-electron chi connectivity index (χ2n) is 2.41. The highest BCUT2D eigenvalue weighted by Gasteiger charge is 1.83. The van der Waals surface area contributed by atoms with Crippen molar-refractivity contribution in [1.29, 1.82) is 0 Å². The third-order valence-electron chi connectivity index (χ3n) is 1.46. The maximum Gasteiger partial charge on any atom is -0.0533 e. The van der Waals surface area contributed by atoms with Gasteiger partial charge in [-0.1, -0.05) is 52.4 Å². The van der Waals surface area contributed by atoms with Gasteiger partial charge in [0, 0.05) is 0 Å². The van der Waals surface area contributed by atoms with Crippen LogP contribution in [0.4, 0.5) is 0 Å². The van der Waals surface area contributed by atoms with Crippen LogP contribution >= 0.6 is 12.4 Å². The second-order valence-corrected chi connectivity index (χ2v) is 2.41. The summed E-state index contributed by atoms with van der Waals surface area (Å²) in [5.74, 6) is 0. The molecular weight excluding hydrogens is 148 g/mol. The molecular formula is C8H21ClO. The van der Waals surface area contributed by atoms with E-state index < -0.39 is 0 Å². The summed E-state index contributed by atoms with van der Waals surface area (Å²) >= 11 is 0. The maximum atomic E-state index is 2.26. The van der Waals surface area contributed by atoms with E-state index in [1.807, 2.05) is 0 Å². The third-order valence-corrected chi connectivity index (χ3v) is 1.46. The van der Waals surface area contributed by atoms with Crippen LogP contribution in [0.15, 0.2) is 0 Å². The zero-order valence-corrected chi connectivity index (χ0v) is 7.97. The average Bonchev–Trinajstić information content (AvgIpc) is 1.81. The molecule has 0 rings (SSSR count). The van der Waals surface area contributed by atoms with Crippen molar-refractivity contribution < 1.29 is 5.48 Å². The van der Waals surface area contributed by atoms with E-state index in [2.05, 4.69) is 13.8 Å². The predicted octanol–water partition coefficient (Wildman–Crippen LogP) is 2.96. The number of halogens is 1. The first kappa shape index (κ1) is 16.7. The van der Waals surface area contributed by atoms with Crippen molar-refractivity contribution in [3.63, 3.8) is 0 Å². The zero-order chi connectivity index (χ0) is 6.24. The van der Waals surface area contributed by atoms with Crippen LogP contribution in [0.25, 0.3) is 0 Å². The van der Waals surface area contributed by atoms with Gasteiger partial charge in [-0.15, -0.1) is 12.4 Å². The maximum absolute atomic E-state index is 2.26. The van der Waals surface area contributed by atoms with Crippen molar-refractivity contribution in [3.8, 4) is 0 Å². The van der Waals surface area contributed by atoms with Crippen LogP contribution in [0, 0.1) is 0 Å². The molecule has 66 valence electrons. The molecule has 0 atom stereocenters. The van der Waals surface area contributed by atoms with Gasteiger partial charge in [0.15, 0.2) is 0 Å². The molecule has 0 unspecified atom stereocenters. The zero-order valence-electron chi connectivity index (χ0n) is 7.15. The minimum atomic E-state index is 0. The van der Waals surface area contributed by atoms with E-state index in [4.69, 9.17) is 0 Å². The first-order chi connectivity index (χ1) is 3.91. The van der Waals surface area contributed by atoms with Gasteiger partial charge in [-0.05, 0) is 0 Å². The van der Waals surface area contributed by atoms with E-state index in [1.54, 1.807) is 0 Å². The summed E-state index contributed by atoms with van der Waals surface area (Å²) in [7, 11) is 0. The molecule has 0 saturated carbocycles. The molecule has 0 aliphatic carbocycles. The molecule has 0 saturated heterocycles. The van der Waals surface area contributed by atoms with Gasteiger partial charge >= 0.3 is 0 Å². The summed E-state index contributed by atoms with van der Waals surface area (Å²) in [5.41, 5.74) is 0. The van der Waals surface area contributed by atoms with E-state index in [0.29, 0.717) is 0 Å². The van der Waals surface area contributed by atoms with Gasteiger partial charge in [-0.2, -0.15) is 0 Å². The molecule has 0 aromatic carbocycles. The minimum absolute atomic E-state index is 0. The van der Waals surface area contributed by atoms with Crippen LogP contribution in [-0.2, 0) is 0 Å². The average molecular weight is 169 g/mol. The van der Waals surface area contributed by atoms with E-state index in [1.165, 1.54) is 38.5 Å². The molecule has 1 nitrogen and oxygen atoms in total.